The molecule has 0 radical (unpaired) electrons. The standard InChI is InChI=1S/C17H11Br2NO2/c18-12-8-11(17(22)14(19)9-12)5-7-13-6-4-10-2-1-3-15(21)16(10)20-13/h1-9,21-22H. The molecule has 1 heterocycles. The first-order valence-electron chi connectivity index (χ1n) is 6.49. The summed E-state index contributed by atoms with van der Waals surface area (Å²) in [7, 11) is 0. The summed E-state index contributed by atoms with van der Waals surface area (Å²) in [6.45, 7) is 0. The summed E-state index contributed by atoms with van der Waals surface area (Å²) in [6.07, 6.45) is 3.57. The number of phenolic OH excluding ortho intramolecular Hbond substituents is 2. The van der Waals surface area contributed by atoms with Crippen LogP contribution < -0.4 is 0 Å². The van der Waals surface area contributed by atoms with Crippen LogP contribution in [0.3, 0.4) is 0 Å². The molecule has 0 saturated heterocycles. The SMILES string of the molecule is Oc1c(Br)cc(Br)cc1C=Cc1ccc2cccc(O)c2n1. The van der Waals surface area contributed by atoms with Gasteiger partial charge >= 0.3 is 0 Å². The van der Waals surface area contributed by atoms with E-state index in [1.165, 1.54) is 0 Å². The molecule has 3 aromatic rings. The quantitative estimate of drug-likeness (QED) is 0.588. The number of rotatable bonds is 2. The van der Waals surface area contributed by atoms with Gasteiger partial charge in [-0.3, -0.25) is 0 Å². The third kappa shape index (κ3) is 3.00. The molecule has 3 rings (SSSR count). The van der Waals surface area contributed by atoms with Gasteiger partial charge in [0.15, 0.2) is 0 Å². The van der Waals surface area contributed by atoms with Crippen molar-refractivity contribution in [1.82, 2.24) is 4.98 Å². The van der Waals surface area contributed by atoms with Crippen LogP contribution in [0.25, 0.3) is 23.1 Å². The molecule has 0 aliphatic heterocycles. The highest BCUT2D eigenvalue weighted by atomic mass is 79.9. The second-order valence-corrected chi connectivity index (χ2v) is 6.51. The minimum Gasteiger partial charge on any atom is -0.506 e. The van der Waals surface area contributed by atoms with Crippen molar-refractivity contribution in [3.63, 3.8) is 0 Å². The van der Waals surface area contributed by atoms with Crippen LogP contribution in [0.15, 0.2) is 51.4 Å². The molecule has 2 N–H and O–H groups in total. The Balaban J connectivity index is 2.01. The minimum absolute atomic E-state index is 0.154. The van der Waals surface area contributed by atoms with Crippen LogP contribution in [-0.2, 0) is 0 Å². The van der Waals surface area contributed by atoms with Crippen LogP contribution in [0.4, 0.5) is 0 Å². The van der Waals surface area contributed by atoms with Gasteiger partial charge in [0.05, 0.1) is 10.2 Å². The number of benzene rings is 2. The summed E-state index contributed by atoms with van der Waals surface area (Å²) >= 11 is 6.69. The number of fused-ring (bicyclic) bond motifs is 1. The van der Waals surface area contributed by atoms with Gasteiger partial charge in [0.2, 0.25) is 0 Å². The molecule has 0 fully saturated rings. The summed E-state index contributed by atoms with van der Waals surface area (Å²) < 4.78 is 1.48. The number of aromatic hydroxyl groups is 2. The Kier molecular flexibility index (Phi) is 4.18. The maximum Gasteiger partial charge on any atom is 0.141 e. The molecule has 0 amide bonds. The van der Waals surface area contributed by atoms with Gasteiger partial charge in [0.1, 0.15) is 17.0 Å². The van der Waals surface area contributed by atoms with E-state index in [0.29, 0.717) is 21.2 Å². The van der Waals surface area contributed by atoms with Crippen LogP contribution in [0, 0.1) is 0 Å². The summed E-state index contributed by atoms with van der Waals surface area (Å²) in [5.41, 5.74) is 1.93. The fraction of sp³-hybridized carbons (Fsp3) is 0. The molecule has 0 spiro atoms. The van der Waals surface area contributed by atoms with Crippen molar-refractivity contribution in [2.45, 2.75) is 0 Å². The van der Waals surface area contributed by atoms with Gasteiger partial charge in [-0.15, -0.1) is 0 Å². The van der Waals surface area contributed by atoms with Crippen LogP contribution in [0.1, 0.15) is 11.3 Å². The van der Waals surface area contributed by atoms with Crippen LogP contribution >= 0.6 is 31.9 Å². The highest BCUT2D eigenvalue weighted by Gasteiger charge is 2.05. The van der Waals surface area contributed by atoms with Gasteiger partial charge < -0.3 is 10.2 Å². The fourth-order valence-electron chi connectivity index (χ4n) is 2.13. The molecule has 0 atom stereocenters. The lowest BCUT2D eigenvalue weighted by Gasteiger charge is -2.04. The Bertz CT molecular complexity index is 891. The van der Waals surface area contributed by atoms with Crippen LogP contribution in [0.2, 0.25) is 0 Å². The van der Waals surface area contributed by atoms with Crippen LogP contribution in [-0.4, -0.2) is 15.2 Å². The third-order valence-electron chi connectivity index (χ3n) is 3.21. The zero-order valence-electron chi connectivity index (χ0n) is 11.3. The first-order valence-corrected chi connectivity index (χ1v) is 8.08. The van der Waals surface area contributed by atoms with Gasteiger partial charge in [0, 0.05) is 15.4 Å². The molecule has 0 bridgehead atoms. The monoisotopic (exact) mass is 419 g/mol. The fourth-order valence-corrected chi connectivity index (χ4v) is 3.39. The smallest absolute Gasteiger partial charge is 0.141 e. The summed E-state index contributed by atoms with van der Waals surface area (Å²) in [4.78, 5) is 4.42. The number of pyridine rings is 1. The molecule has 0 aliphatic carbocycles. The largest absolute Gasteiger partial charge is 0.506 e. The maximum absolute atomic E-state index is 10.0. The molecule has 110 valence electrons. The van der Waals surface area contributed by atoms with E-state index >= 15 is 0 Å². The first kappa shape index (κ1) is 15.1. The lowest BCUT2D eigenvalue weighted by Crippen LogP contribution is -1.84. The Hall–Kier alpha value is -1.85. The molecule has 2 aromatic carbocycles. The van der Waals surface area contributed by atoms with Crippen molar-refractivity contribution >= 4 is 54.9 Å². The van der Waals surface area contributed by atoms with E-state index in [9.17, 15) is 10.2 Å². The summed E-state index contributed by atoms with van der Waals surface area (Å²) in [5.74, 6) is 0.323. The van der Waals surface area contributed by atoms with Crippen molar-refractivity contribution in [3.05, 3.63) is 62.7 Å². The van der Waals surface area contributed by atoms with E-state index < -0.39 is 0 Å². The molecule has 0 saturated carbocycles. The number of nitrogens with zero attached hydrogens (tertiary/aromatic N) is 1. The molecular weight excluding hydrogens is 410 g/mol. The number of para-hydroxylation sites is 1. The highest BCUT2D eigenvalue weighted by Crippen LogP contribution is 2.33. The number of halogens is 2. The molecule has 5 heteroatoms. The second kappa shape index (κ2) is 6.10. The minimum atomic E-state index is 0.154. The van der Waals surface area contributed by atoms with Crippen molar-refractivity contribution in [2.75, 3.05) is 0 Å². The lowest BCUT2D eigenvalue weighted by molar-refractivity contribution is 0.470. The van der Waals surface area contributed by atoms with Crippen molar-refractivity contribution < 1.29 is 10.2 Å². The predicted octanol–water partition coefficient (Wildman–Crippen LogP) is 5.34. The van der Waals surface area contributed by atoms with Crippen molar-refractivity contribution in [1.29, 1.82) is 0 Å². The molecule has 22 heavy (non-hydrogen) atoms. The van der Waals surface area contributed by atoms with Crippen LogP contribution in [0.5, 0.6) is 11.5 Å². The van der Waals surface area contributed by atoms with E-state index in [0.717, 1.165) is 9.86 Å². The van der Waals surface area contributed by atoms with Gasteiger partial charge in [-0.05, 0) is 52.3 Å². The van der Waals surface area contributed by atoms with E-state index in [1.54, 1.807) is 30.4 Å². The van der Waals surface area contributed by atoms with Gasteiger partial charge in [-0.25, -0.2) is 4.98 Å². The topological polar surface area (TPSA) is 53.4 Å². The normalized spacial score (nSPS) is 11.4. The summed E-state index contributed by atoms with van der Waals surface area (Å²) in [5, 5.41) is 20.8. The second-order valence-electron chi connectivity index (χ2n) is 4.74. The molecule has 3 nitrogen and oxygen atoms in total. The number of hydrogen-bond acceptors (Lipinski definition) is 3. The Labute approximate surface area is 144 Å². The van der Waals surface area contributed by atoms with E-state index in [1.807, 2.05) is 24.3 Å². The zero-order chi connectivity index (χ0) is 15.7. The van der Waals surface area contributed by atoms with Gasteiger partial charge in [-0.2, -0.15) is 0 Å². The number of aromatic nitrogens is 1. The Morgan fingerprint density at radius 2 is 1.77 bits per heavy atom. The van der Waals surface area contributed by atoms with E-state index in [2.05, 4.69) is 36.8 Å². The van der Waals surface area contributed by atoms with E-state index in [4.69, 9.17) is 0 Å². The first-order chi connectivity index (χ1) is 10.5. The maximum atomic E-state index is 10.0. The number of phenols is 2. The average molecular weight is 421 g/mol. The van der Waals surface area contributed by atoms with Crippen molar-refractivity contribution in [2.24, 2.45) is 0 Å². The van der Waals surface area contributed by atoms with Crippen molar-refractivity contribution in [3.8, 4) is 11.5 Å². The van der Waals surface area contributed by atoms with Gasteiger partial charge in [-0.1, -0.05) is 34.1 Å². The third-order valence-corrected chi connectivity index (χ3v) is 4.27. The average Bonchev–Trinajstić information content (AvgIpc) is 2.50. The predicted molar refractivity (Wildman–Crippen MR) is 95.8 cm³/mol. The Morgan fingerprint density at radius 1 is 0.955 bits per heavy atom. The lowest BCUT2D eigenvalue weighted by atomic mass is 10.1. The Morgan fingerprint density at radius 3 is 2.59 bits per heavy atom. The molecule has 0 unspecified atom stereocenters. The van der Waals surface area contributed by atoms with Gasteiger partial charge in [0.25, 0.3) is 0 Å². The molecular formula is C17H11Br2NO2. The highest BCUT2D eigenvalue weighted by molar-refractivity contribution is 9.11. The molecule has 0 aliphatic rings. The zero-order valence-corrected chi connectivity index (χ0v) is 14.5. The summed E-state index contributed by atoms with van der Waals surface area (Å²) in [6, 6.07) is 12.6. The van der Waals surface area contributed by atoms with E-state index in [-0.39, 0.29) is 11.5 Å². The number of hydrogen-bond donors (Lipinski definition) is 2. The molecule has 1 aromatic heterocycles.